The Morgan fingerprint density at radius 2 is 1.67 bits per heavy atom. The van der Waals surface area contributed by atoms with Gasteiger partial charge in [-0.05, 0) is 53.3 Å². The van der Waals surface area contributed by atoms with Crippen LogP contribution >= 0.6 is 0 Å². The fourth-order valence-corrected chi connectivity index (χ4v) is 5.69. The molecule has 36 heavy (non-hydrogen) atoms. The Morgan fingerprint density at radius 1 is 0.917 bits per heavy atom. The first-order valence-electron chi connectivity index (χ1n) is 12.1. The van der Waals surface area contributed by atoms with Crippen molar-refractivity contribution in [2.75, 3.05) is 21.3 Å². The number of rotatable bonds is 5. The van der Waals surface area contributed by atoms with Gasteiger partial charge in [-0.25, -0.2) is 0 Å². The fourth-order valence-electron chi connectivity index (χ4n) is 5.69. The van der Waals surface area contributed by atoms with Crippen LogP contribution in [0, 0.1) is 5.92 Å². The minimum Gasteiger partial charge on any atom is -0.493 e. The number of aliphatic imine (C=N–C) groups is 1. The maximum Gasteiger partial charge on any atom is 0.315 e. The second-order valence-electron chi connectivity index (χ2n) is 9.30. The molecule has 0 saturated carbocycles. The number of carbonyl (C=O) groups is 2. The highest BCUT2D eigenvalue weighted by Crippen LogP contribution is 2.48. The lowest BCUT2D eigenvalue weighted by Gasteiger charge is -2.36. The van der Waals surface area contributed by atoms with E-state index in [9.17, 15) is 9.59 Å². The van der Waals surface area contributed by atoms with Gasteiger partial charge in [0.15, 0.2) is 17.3 Å². The van der Waals surface area contributed by atoms with Gasteiger partial charge in [-0.1, -0.05) is 48.5 Å². The van der Waals surface area contributed by atoms with Crippen molar-refractivity contribution in [2.45, 2.75) is 31.6 Å². The number of allylic oxidation sites excluding steroid dienone is 2. The highest BCUT2D eigenvalue weighted by atomic mass is 16.5. The Kier molecular flexibility index (Phi) is 6.35. The van der Waals surface area contributed by atoms with Gasteiger partial charge < -0.3 is 14.2 Å². The minimum atomic E-state index is -0.652. The maximum atomic E-state index is 13.8. The molecule has 0 amide bonds. The summed E-state index contributed by atoms with van der Waals surface area (Å²) in [5.41, 5.74) is 3.99. The van der Waals surface area contributed by atoms with Gasteiger partial charge in [0.05, 0.1) is 21.3 Å². The van der Waals surface area contributed by atoms with Crippen molar-refractivity contribution in [3.05, 3.63) is 83.1 Å². The number of nitrogens with zero attached hydrogens (tertiary/aromatic N) is 1. The van der Waals surface area contributed by atoms with Crippen molar-refractivity contribution in [1.29, 1.82) is 0 Å². The molecule has 184 valence electrons. The minimum absolute atomic E-state index is 0.0131. The van der Waals surface area contributed by atoms with Crippen LogP contribution in [0.3, 0.4) is 0 Å². The van der Waals surface area contributed by atoms with E-state index in [0.717, 1.165) is 27.6 Å². The van der Waals surface area contributed by atoms with Crippen LogP contribution in [0.5, 0.6) is 11.5 Å². The highest BCUT2D eigenvalue weighted by molar-refractivity contribution is 6.10. The van der Waals surface area contributed by atoms with Gasteiger partial charge in [0.1, 0.15) is 5.92 Å². The zero-order chi connectivity index (χ0) is 25.4. The molecule has 1 unspecified atom stereocenters. The molecule has 1 aliphatic carbocycles. The molecule has 0 fully saturated rings. The van der Waals surface area contributed by atoms with Crippen molar-refractivity contribution in [2.24, 2.45) is 10.9 Å². The van der Waals surface area contributed by atoms with Crippen molar-refractivity contribution in [3.8, 4) is 11.5 Å². The topological polar surface area (TPSA) is 74.2 Å². The number of esters is 1. The lowest BCUT2D eigenvalue weighted by molar-refractivity contribution is -0.143. The monoisotopic (exact) mass is 483 g/mol. The highest BCUT2D eigenvalue weighted by Gasteiger charge is 2.45. The van der Waals surface area contributed by atoms with Crippen LogP contribution in [-0.2, 0) is 14.3 Å². The Labute approximate surface area is 210 Å². The molecule has 0 N–H and O–H groups in total. The number of ether oxygens (including phenoxy) is 3. The maximum absolute atomic E-state index is 13.8. The van der Waals surface area contributed by atoms with Gasteiger partial charge in [-0.3, -0.25) is 14.6 Å². The molecule has 2 aliphatic rings. The third-order valence-electron chi connectivity index (χ3n) is 7.38. The van der Waals surface area contributed by atoms with E-state index in [0.29, 0.717) is 35.6 Å². The third kappa shape index (κ3) is 3.96. The molecule has 3 atom stereocenters. The normalized spacial score (nSPS) is 21.6. The molecule has 5 rings (SSSR count). The first-order chi connectivity index (χ1) is 17.5. The number of carbonyl (C=O) groups excluding carboxylic acids is 2. The summed E-state index contributed by atoms with van der Waals surface area (Å²) in [7, 11) is 4.59. The van der Waals surface area contributed by atoms with Crippen LogP contribution in [0.25, 0.3) is 10.8 Å². The smallest absolute Gasteiger partial charge is 0.315 e. The number of hydrogen-bond donors (Lipinski definition) is 0. The number of benzene rings is 3. The number of hydrogen-bond acceptors (Lipinski definition) is 6. The molecule has 0 radical (unpaired) electrons. The molecule has 0 bridgehead atoms. The summed E-state index contributed by atoms with van der Waals surface area (Å²) in [4.78, 5) is 31.7. The molecular weight excluding hydrogens is 454 g/mol. The lowest BCUT2D eigenvalue weighted by atomic mass is 9.68. The number of methoxy groups -OCH3 is 3. The summed E-state index contributed by atoms with van der Waals surface area (Å²) in [6.07, 6.45) is 0.932. The molecule has 6 nitrogen and oxygen atoms in total. The zero-order valence-corrected chi connectivity index (χ0v) is 20.9. The molecular formula is C30H29NO5. The van der Waals surface area contributed by atoms with E-state index in [1.165, 1.54) is 7.11 Å². The summed E-state index contributed by atoms with van der Waals surface area (Å²) < 4.78 is 16.1. The fraction of sp³-hybridized carbons (Fsp3) is 0.300. The van der Waals surface area contributed by atoms with Crippen molar-refractivity contribution in [3.63, 3.8) is 0 Å². The molecule has 0 spiro atoms. The molecule has 0 aromatic heterocycles. The third-order valence-corrected chi connectivity index (χ3v) is 7.38. The van der Waals surface area contributed by atoms with Crippen molar-refractivity contribution < 1.29 is 23.8 Å². The van der Waals surface area contributed by atoms with Crippen LogP contribution in [0.4, 0.5) is 0 Å². The van der Waals surface area contributed by atoms with Gasteiger partial charge >= 0.3 is 5.97 Å². The Bertz CT molecular complexity index is 1410. The average Bonchev–Trinajstić information content (AvgIpc) is 2.91. The predicted molar refractivity (Wildman–Crippen MR) is 139 cm³/mol. The SMILES string of the molecule is COC(=O)C1C(C)=NC2=C(C(=O)C[C@@H](c3ccc(OC)c(OC)c3)C2)[C@H]1c1cccc2ccccc12. The molecule has 1 heterocycles. The van der Waals surface area contributed by atoms with Crippen LogP contribution in [0.15, 0.2) is 76.9 Å². The molecule has 1 aliphatic heterocycles. The Morgan fingerprint density at radius 3 is 2.42 bits per heavy atom. The van der Waals surface area contributed by atoms with Crippen LogP contribution < -0.4 is 9.47 Å². The number of ketones is 1. The van der Waals surface area contributed by atoms with Gasteiger partial charge in [-0.15, -0.1) is 0 Å². The largest absolute Gasteiger partial charge is 0.493 e. The van der Waals surface area contributed by atoms with E-state index in [1.54, 1.807) is 14.2 Å². The van der Waals surface area contributed by atoms with Crippen LogP contribution in [-0.4, -0.2) is 38.8 Å². The summed E-state index contributed by atoms with van der Waals surface area (Å²) >= 11 is 0. The first kappa shape index (κ1) is 23.8. The van der Waals surface area contributed by atoms with Crippen molar-refractivity contribution in [1.82, 2.24) is 0 Å². The summed E-state index contributed by atoms with van der Waals surface area (Å²) in [6.45, 7) is 1.86. The van der Waals surface area contributed by atoms with E-state index in [1.807, 2.05) is 67.6 Å². The van der Waals surface area contributed by atoms with Gasteiger partial charge in [0, 0.05) is 29.3 Å². The van der Waals surface area contributed by atoms with E-state index >= 15 is 0 Å². The summed E-state index contributed by atoms with van der Waals surface area (Å²) in [5, 5.41) is 2.09. The number of Topliss-reactive ketones (excluding diaryl/α,β-unsaturated/α-hetero) is 1. The van der Waals surface area contributed by atoms with Crippen LogP contribution in [0.2, 0.25) is 0 Å². The summed E-state index contributed by atoms with van der Waals surface area (Å²) in [6, 6.07) is 19.9. The quantitative estimate of drug-likeness (QED) is 0.441. The van der Waals surface area contributed by atoms with E-state index in [4.69, 9.17) is 19.2 Å². The average molecular weight is 484 g/mol. The molecule has 3 aromatic carbocycles. The van der Waals surface area contributed by atoms with Crippen LogP contribution in [0.1, 0.15) is 42.7 Å². The second-order valence-corrected chi connectivity index (χ2v) is 9.30. The van der Waals surface area contributed by atoms with Gasteiger partial charge in [0.2, 0.25) is 0 Å². The summed E-state index contributed by atoms with van der Waals surface area (Å²) in [5.74, 6) is -0.238. The van der Waals surface area contributed by atoms with E-state index in [2.05, 4.69) is 0 Å². The molecule has 3 aromatic rings. The lowest BCUT2D eigenvalue weighted by Crippen LogP contribution is -2.37. The predicted octanol–water partition coefficient (Wildman–Crippen LogP) is 5.61. The van der Waals surface area contributed by atoms with Gasteiger partial charge in [0.25, 0.3) is 0 Å². The standard InChI is InChI=1S/C30H29NO5/c1-17-27(30(33)36-4)28(22-11-7-9-18-8-5-6-10-21(18)22)29-23(31-17)14-20(15-24(29)32)19-12-13-25(34-2)26(16-19)35-3/h5-13,16,20,27-28H,14-15H2,1-4H3/t20-,27?,28-/m0/s1. The molecule has 6 heteroatoms. The number of fused-ring (bicyclic) bond motifs is 1. The Balaban J connectivity index is 1.64. The first-order valence-corrected chi connectivity index (χ1v) is 12.1. The zero-order valence-electron chi connectivity index (χ0n) is 20.9. The van der Waals surface area contributed by atoms with E-state index < -0.39 is 11.8 Å². The molecule has 0 saturated heterocycles. The second kappa shape index (κ2) is 9.61. The van der Waals surface area contributed by atoms with E-state index in [-0.39, 0.29) is 17.7 Å². The van der Waals surface area contributed by atoms with Crippen molar-refractivity contribution >= 4 is 28.2 Å². The Hall–Kier alpha value is -3.93. The van der Waals surface area contributed by atoms with Gasteiger partial charge in [-0.2, -0.15) is 0 Å².